The molecule has 0 bridgehead atoms. The number of sulfone groups is 1. The maximum Gasteiger partial charge on any atom is 0.215 e. The van der Waals surface area contributed by atoms with Gasteiger partial charge in [0, 0.05) is 18.0 Å². The Morgan fingerprint density at radius 2 is 1.79 bits per heavy atom. The summed E-state index contributed by atoms with van der Waals surface area (Å²) in [6.45, 7) is 1.40. The minimum atomic E-state index is -3.58. The van der Waals surface area contributed by atoms with Crippen molar-refractivity contribution in [1.82, 2.24) is 4.72 Å². The molecule has 0 radical (unpaired) electrons. The molecule has 1 rings (SSSR count). The second kappa shape index (κ2) is 6.36. The molecule has 3 N–H and O–H groups in total. The van der Waals surface area contributed by atoms with Crippen LogP contribution >= 0.6 is 0 Å². The molecule has 0 amide bonds. The third-order valence-corrected chi connectivity index (χ3v) is 5.62. The van der Waals surface area contributed by atoms with Gasteiger partial charge < -0.3 is 5.73 Å². The molecule has 1 aromatic carbocycles. The van der Waals surface area contributed by atoms with Gasteiger partial charge in [0.1, 0.15) is 0 Å². The van der Waals surface area contributed by atoms with Gasteiger partial charge in [-0.2, -0.15) is 0 Å². The molecule has 19 heavy (non-hydrogen) atoms. The predicted molar refractivity (Wildman–Crippen MR) is 75.8 cm³/mol. The Bertz CT molecular complexity index is 624. The van der Waals surface area contributed by atoms with Crippen molar-refractivity contribution in [3.8, 4) is 0 Å². The largest absolute Gasteiger partial charge is 0.398 e. The quantitative estimate of drug-likeness (QED) is 0.696. The van der Waals surface area contributed by atoms with E-state index in [4.69, 9.17) is 5.73 Å². The zero-order valence-electron chi connectivity index (χ0n) is 10.7. The van der Waals surface area contributed by atoms with Crippen molar-refractivity contribution in [2.45, 2.75) is 12.7 Å². The number of hydrogen-bond donors (Lipinski definition) is 2. The Hall–Kier alpha value is -1.12. The van der Waals surface area contributed by atoms with Gasteiger partial charge in [-0.15, -0.1) is 0 Å². The van der Waals surface area contributed by atoms with Gasteiger partial charge in [0.2, 0.25) is 10.0 Å². The van der Waals surface area contributed by atoms with Crippen LogP contribution < -0.4 is 10.5 Å². The SMILES string of the molecule is CCS(=O)(=O)CCNS(=O)(=O)Cc1ccccc1N. The lowest BCUT2D eigenvalue weighted by Crippen LogP contribution is -2.30. The van der Waals surface area contributed by atoms with Crippen molar-refractivity contribution in [3.63, 3.8) is 0 Å². The predicted octanol–water partition coefficient (Wildman–Crippen LogP) is 0.123. The van der Waals surface area contributed by atoms with Crippen molar-refractivity contribution in [2.75, 3.05) is 23.8 Å². The topological polar surface area (TPSA) is 106 Å². The second-order valence-corrected chi connectivity index (χ2v) is 8.37. The van der Waals surface area contributed by atoms with Crippen LogP contribution in [0, 0.1) is 0 Å². The molecule has 0 spiro atoms. The molecule has 0 heterocycles. The summed E-state index contributed by atoms with van der Waals surface area (Å²) in [7, 11) is -6.76. The highest BCUT2D eigenvalue weighted by Crippen LogP contribution is 2.13. The Kier molecular flexibility index (Phi) is 5.33. The van der Waals surface area contributed by atoms with E-state index in [1.807, 2.05) is 0 Å². The van der Waals surface area contributed by atoms with Gasteiger partial charge in [-0.3, -0.25) is 0 Å². The lowest BCUT2D eigenvalue weighted by atomic mass is 10.2. The van der Waals surface area contributed by atoms with Gasteiger partial charge in [-0.1, -0.05) is 25.1 Å². The van der Waals surface area contributed by atoms with Crippen LogP contribution in [0.15, 0.2) is 24.3 Å². The van der Waals surface area contributed by atoms with Crippen LogP contribution in [0.25, 0.3) is 0 Å². The van der Waals surface area contributed by atoms with Crippen LogP contribution in [0.2, 0.25) is 0 Å². The minimum Gasteiger partial charge on any atom is -0.398 e. The summed E-state index contributed by atoms with van der Waals surface area (Å²) in [5, 5.41) is 0. The molecule has 1 aromatic rings. The molecule has 0 fully saturated rings. The molecule has 6 nitrogen and oxygen atoms in total. The summed E-state index contributed by atoms with van der Waals surface area (Å²) >= 11 is 0. The zero-order chi connectivity index (χ0) is 14.5. The van der Waals surface area contributed by atoms with Crippen molar-refractivity contribution < 1.29 is 16.8 Å². The van der Waals surface area contributed by atoms with Crippen LogP contribution in [-0.2, 0) is 25.6 Å². The van der Waals surface area contributed by atoms with Crippen LogP contribution in [0.1, 0.15) is 12.5 Å². The number of para-hydroxylation sites is 1. The van der Waals surface area contributed by atoms with E-state index in [1.54, 1.807) is 24.3 Å². The number of nitrogens with two attached hydrogens (primary N) is 1. The fourth-order valence-electron chi connectivity index (χ4n) is 1.42. The monoisotopic (exact) mass is 306 g/mol. The van der Waals surface area contributed by atoms with Crippen LogP contribution in [0.5, 0.6) is 0 Å². The number of benzene rings is 1. The van der Waals surface area contributed by atoms with E-state index < -0.39 is 19.9 Å². The lowest BCUT2D eigenvalue weighted by Gasteiger charge is -2.08. The zero-order valence-corrected chi connectivity index (χ0v) is 12.3. The maximum absolute atomic E-state index is 11.8. The molecule has 0 saturated heterocycles. The average Bonchev–Trinajstić information content (AvgIpc) is 2.31. The highest BCUT2D eigenvalue weighted by Gasteiger charge is 2.14. The van der Waals surface area contributed by atoms with E-state index in [9.17, 15) is 16.8 Å². The van der Waals surface area contributed by atoms with E-state index in [2.05, 4.69) is 4.72 Å². The highest BCUT2D eigenvalue weighted by atomic mass is 32.2. The first-order valence-corrected chi connectivity index (χ1v) is 9.24. The minimum absolute atomic E-state index is 0.000358. The molecule has 0 atom stereocenters. The summed E-state index contributed by atoms with van der Waals surface area (Å²) < 4.78 is 48.3. The van der Waals surface area contributed by atoms with Crippen molar-refractivity contribution in [2.24, 2.45) is 0 Å². The van der Waals surface area contributed by atoms with E-state index in [1.165, 1.54) is 6.92 Å². The molecule has 0 aromatic heterocycles. The normalized spacial score (nSPS) is 12.5. The molecule has 0 unspecified atom stereocenters. The molecule has 0 aliphatic carbocycles. The number of nitrogen functional groups attached to an aromatic ring is 1. The Morgan fingerprint density at radius 3 is 2.37 bits per heavy atom. The van der Waals surface area contributed by atoms with E-state index >= 15 is 0 Å². The molecule has 0 aliphatic rings. The Labute approximate surface area is 114 Å². The van der Waals surface area contributed by atoms with Crippen LogP contribution in [0.4, 0.5) is 5.69 Å². The average molecular weight is 306 g/mol. The smallest absolute Gasteiger partial charge is 0.215 e. The molecular weight excluding hydrogens is 288 g/mol. The number of nitrogens with one attached hydrogen (secondary N) is 1. The van der Waals surface area contributed by atoms with Gasteiger partial charge in [-0.05, 0) is 11.6 Å². The van der Waals surface area contributed by atoms with Crippen molar-refractivity contribution in [3.05, 3.63) is 29.8 Å². The van der Waals surface area contributed by atoms with Crippen LogP contribution in [-0.4, -0.2) is 34.9 Å². The summed E-state index contributed by atoms with van der Waals surface area (Å²) in [6, 6.07) is 6.65. The third kappa shape index (κ3) is 5.58. The van der Waals surface area contributed by atoms with E-state index in [-0.39, 0.29) is 23.8 Å². The molecule has 108 valence electrons. The number of sulfonamides is 1. The van der Waals surface area contributed by atoms with Gasteiger partial charge in [0.15, 0.2) is 9.84 Å². The Balaban J connectivity index is 2.61. The first-order chi connectivity index (χ1) is 8.76. The Morgan fingerprint density at radius 1 is 1.16 bits per heavy atom. The fourth-order valence-corrected chi connectivity index (χ4v) is 3.44. The highest BCUT2D eigenvalue weighted by molar-refractivity contribution is 7.91. The summed E-state index contributed by atoms with van der Waals surface area (Å²) in [5.74, 6) is -0.459. The summed E-state index contributed by atoms with van der Waals surface area (Å²) in [5.41, 5.74) is 6.55. The first kappa shape index (κ1) is 15.9. The number of hydrogen-bond acceptors (Lipinski definition) is 5. The van der Waals surface area contributed by atoms with Gasteiger partial charge >= 0.3 is 0 Å². The maximum atomic E-state index is 11.8. The van der Waals surface area contributed by atoms with E-state index in [0.29, 0.717) is 11.3 Å². The molecule has 0 saturated carbocycles. The molecular formula is C11H18N2O4S2. The summed E-state index contributed by atoms with van der Waals surface area (Å²) in [6.07, 6.45) is 0. The van der Waals surface area contributed by atoms with Gasteiger partial charge in [0.25, 0.3) is 0 Å². The van der Waals surface area contributed by atoms with Crippen molar-refractivity contribution in [1.29, 1.82) is 0 Å². The van der Waals surface area contributed by atoms with Crippen LogP contribution in [0.3, 0.4) is 0 Å². The van der Waals surface area contributed by atoms with Gasteiger partial charge in [-0.25, -0.2) is 21.6 Å². The molecule has 0 aliphatic heterocycles. The second-order valence-electron chi connectivity index (χ2n) is 4.09. The molecule has 8 heteroatoms. The summed E-state index contributed by atoms with van der Waals surface area (Å²) in [4.78, 5) is 0. The van der Waals surface area contributed by atoms with Crippen molar-refractivity contribution >= 4 is 25.5 Å². The lowest BCUT2D eigenvalue weighted by molar-refractivity contribution is 0.580. The van der Waals surface area contributed by atoms with Gasteiger partial charge in [0.05, 0.1) is 11.5 Å². The number of anilines is 1. The fraction of sp³-hybridized carbons (Fsp3) is 0.455. The standard InChI is InChI=1S/C11H18N2O4S2/c1-2-18(14,15)8-7-13-19(16,17)9-10-5-3-4-6-11(10)12/h3-6,13H,2,7-9,12H2,1H3. The first-order valence-electron chi connectivity index (χ1n) is 5.77. The van der Waals surface area contributed by atoms with E-state index in [0.717, 1.165) is 0 Å². The third-order valence-electron chi connectivity index (χ3n) is 2.58. The number of rotatable bonds is 7.